The Morgan fingerprint density at radius 3 is 2.41 bits per heavy atom. The molecule has 1 aliphatic heterocycles. The summed E-state index contributed by atoms with van der Waals surface area (Å²) in [5, 5.41) is 2.64. The first-order chi connectivity index (χ1) is 16.1. The Bertz CT molecular complexity index is 1140. The first kappa shape index (κ1) is 25.8. The van der Waals surface area contributed by atoms with Gasteiger partial charge >= 0.3 is 5.97 Å². The number of carbonyl (C=O) groups excluding carboxylic acids is 2. The van der Waals surface area contributed by atoms with Gasteiger partial charge in [0, 0.05) is 19.6 Å². The maximum absolute atomic E-state index is 13.3. The number of nitrogens with zero attached hydrogens (tertiary/aromatic N) is 1. The number of benzene rings is 2. The number of carbonyl (C=O) groups is 2. The Labute approximate surface area is 200 Å². The van der Waals surface area contributed by atoms with E-state index in [1.807, 2.05) is 0 Å². The van der Waals surface area contributed by atoms with E-state index in [9.17, 15) is 22.4 Å². The lowest BCUT2D eigenvalue weighted by Gasteiger charge is -2.30. The molecule has 1 fully saturated rings. The first-order valence-corrected chi connectivity index (χ1v) is 12.8. The van der Waals surface area contributed by atoms with Crippen molar-refractivity contribution in [3.8, 4) is 0 Å². The van der Waals surface area contributed by atoms with Crippen molar-refractivity contribution >= 4 is 21.9 Å². The van der Waals surface area contributed by atoms with E-state index in [-0.39, 0.29) is 16.3 Å². The number of amides is 1. The Balaban J connectivity index is 1.60. The summed E-state index contributed by atoms with van der Waals surface area (Å²) in [6.45, 7) is 6.30. The van der Waals surface area contributed by atoms with Crippen LogP contribution in [0.25, 0.3) is 0 Å². The Morgan fingerprint density at radius 1 is 1.12 bits per heavy atom. The average Bonchev–Trinajstić information content (AvgIpc) is 2.80. The van der Waals surface area contributed by atoms with Crippen LogP contribution in [0.2, 0.25) is 0 Å². The Hall–Kier alpha value is -2.78. The molecule has 1 aliphatic rings. The van der Waals surface area contributed by atoms with Crippen LogP contribution in [0.1, 0.15) is 46.8 Å². The van der Waals surface area contributed by atoms with Gasteiger partial charge in [-0.1, -0.05) is 19.1 Å². The summed E-state index contributed by atoms with van der Waals surface area (Å²) in [4.78, 5) is 24.7. The van der Waals surface area contributed by atoms with Crippen LogP contribution in [0.3, 0.4) is 0 Å². The molecule has 0 saturated carbocycles. The molecular weight excluding hydrogens is 459 g/mol. The van der Waals surface area contributed by atoms with Crippen LogP contribution in [0, 0.1) is 25.6 Å². The third-order valence-corrected chi connectivity index (χ3v) is 8.22. The van der Waals surface area contributed by atoms with E-state index in [0.29, 0.717) is 43.1 Å². The Morgan fingerprint density at radius 2 is 1.76 bits per heavy atom. The maximum Gasteiger partial charge on any atom is 0.338 e. The van der Waals surface area contributed by atoms with Crippen LogP contribution < -0.4 is 5.32 Å². The van der Waals surface area contributed by atoms with Crippen LogP contribution in [0.15, 0.2) is 41.3 Å². The molecule has 34 heavy (non-hydrogen) atoms. The molecular formula is C25H31FN2O5S. The van der Waals surface area contributed by atoms with Crippen LogP contribution >= 0.6 is 0 Å². The van der Waals surface area contributed by atoms with Crippen molar-refractivity contribution < 1.29 is 27.1 Å². The first-order valence-electron chi connectivity index (χ1n) is 11.4. The van der Waals surface area contributed by atoms with Crippen molar-refractivity contribution in [3.63, 3.8) is 0 Å². The quantitative estimate of drug-likeness (QED) is 0.573. The number of nitrogens with one attached hydrogen (secondary N) is 1. The van der Waals surface area contributed by atoms with Gasteiger partial charge in [0.2, 0.25) is 10.0 Å². The number of piperidine rings is 1. The zero-order valence-electron chi connectivity index (χ0n) is 19.8. The predicted octanol–water partition coefficient (Wildman–Crippen LogP) is 3.38. The number of ether oxygens (including phenoxy) is 1. The number of sulfonamides is 1. The summed E-state index contributed by atoms with van der Waals surface area (Å²) < 4.78 is 46.0. The standard InChI is InChI=1S/C25H31FN2O5S/c1-17-9-12-28(13-10-17)34(31,32)23-15-21(14-18(2)19(23)3)25(30)33-16-24(29)27-11-8-20-4-6-22(26)7-5-20/h4-7,14-15,17H,8-13,16H2,1-3H3,(H,27,29). The van der Waals surface area contributed by atoms with Crippen molar-refractivity contribution in [1.82, 2.24) is 9.62 Å². The van der Waals surface area contributed by atoms with Gasteiger partial charge in [0.1, 0.15) is 5.82 Å². The molecule has 0 unspecified atom stereocenters. The molecule has 0 atom stereocenters. The molecule has 1 N–H and O–H groups in total. The minimum absolute atomic E-state index is 0.0890. The molecule has 0 aliphatic carbocycles. The lowest BCUT2D eigenvalue weighted by atomic mass is 10.0. The van der Waals surface area contributed by atoms with Crippen LogP contribution in [-0.4, -0.2) is 50.8 Å². The highest BCUT2D eigenvalue weighted by Crippen LogP contribution is 2.28. The summed E-state index contributed by atoms with van der Waals surface area (Å²) in [6.07, 6.45) is 2.11. The number of halogens is 1. The third kappa shape index (κ3) is 6.42. The smallest absolute Gasteiger partial charge is 0.338 e. The van der Waals surface area contributed by atoms with Crippen molar-refractivity contribution in [3.05, 3.63) is 64.5 Å². The van der Waals surface area contributed by atoms with E-state index in [0.717, 1.165) is 18.4 Å². The molecule has 2 aromatic carbocycles. The highest BCUT2D eigenvalue weighted by molar-refractivity contribution is 7.89. The van der Waals surface area contributed by atoms with Gasteiger partial charge < -0.3 is 10.1 Å². The molecule has 0 radical (unpaired) electrons. The summed E-state index contributed by atoms with van der Waals surface area (Å²) in [5.41, 5.74) is 2.20. The van der Waals surface area contributed by atoms with Gasteiger partial charge in [-0.2, -0.15) is 4.31 Å². The molecule has 1 saturated heterocycles. The predicted molar refractivity (Wildman–Crippen MR) is 126 cm³/mol. The largest absolute Gasteiger partial charge is 0.452 e. The third-order valence-electron chi connectivity index (χ3n) is 6.20. The summed E-state index contributed by atoms with van der Waals surface area (Å²) in [7, 11) is -3.74. The number of esters is 1. The SMILES string of the molecule is Cc1cc(C(=O)OCC(=O)NCCc2ccc(F)cc2)cc(S(=O)(=O)N2CCC(C)CC2)c1C. The van der Waals surface area contributed by atoms with Gasteiger partial charge in [-0.15, -0.1) is 0 Å². The van der Waals surface area contributed by atoms with Gasteiger partial charge in [0.05, 0.1) is 10.5 Å². The minimum Gasteiger partial charge on any atom is -0.452 e. The van der Waals surface area contributed by atoms with Crippen molar-refractivity contribution in [1.29, 1.82) is 0 Å². The highest BCUT2D eigenvalue weighted by atomic mass is 32.2. The summed E-state index contributed by atoms with van der Waals surface area (Å²) >= 11 is 0. The van der Waals surface area contributed by atoms with Gasteiger partial charge in [0.15, 0.2) is 6.61 Å². The fraction of sp³-hybridized carbons (Fsp3) is 0.440. The fourth-order valence-electron chi connectivity index (χ4n) is 3.84. The molecule has 0 bridgehead atoms. The molecule has 9 heteroatoms. The molecule has 1 heterocycles. The van der Waals surface area contributed by atoms with Gasteiger partial charge in [-0.3, -0.25) is 4.79 Å². The molecule has 7 nitrogen and oxygen atoms in total. The van der Waals surface area contributed by atoms with E-state index in [1.54, 1.807) is 32.0 Å². The van der Waals surface area contributed by atoms with Crippen molar-refractivity contribution in [2.45, 2.75) is 44.9 Å². The number of aryl methyl sites for hydroxylation is 1. The normalized spacial score (nSPS) is 15.2. The second kappa shape index (κ2) is 11.1. The van der Waals surface area contributed by atoms with E-state index < -0.39 is 28.5 Å². The van der Waals surface area contributed by atoms with Crippen LogP contribution in [0.4, 0.5) is 4.39 Å². The van der Waals surface area contributed by atoms with E-state index in [1.165, 1.54) is 22.5 Å². The molecule has 1 amide bonds. The molecule has 0 aromatic heterocycles. The minimum atomic E-state index is -3.74. The van der Waals surface area contributed by atoms with Gasteiger partial charge in [-0.25, -0.2) is 17.6 Å². The molecule has 0 spiro atoms. The van der Waals surface area contributed by atoms with Crippen molar-refractivity contribution in [2.24, 2.45) is 5.92 Å². The van der Waals surface area contributed by atoms with E-state index in [2.05, 4.69) is 12.2 Å². The fourth-order valence-corrected chi connectivity index (χ4v) is 5.63. The monoisotopic (exact) mass is 490 g/mol. The highest BCUT2D eigenvalue weighted by Gasteiger charge is 2.30. The Kier molecular flexibility index (Phi) is 8.43. The maximum atomic E-state index is 13.3. The van der Waals surface area contributed by atoms with E-state index >= 15 is 0 Å². The number of rotatable bonds is 8. The average molecular weight is 491 g/mol. The molecule has 184 valence electrons. The lowest BCUT2D eigenvalue weighted by Crippen LogP contribution is -2.38. The second-order valence-corrected chi connectivity index (χ2v) is 10.7. The number of hydrogen-bond acceptors (Lipinski definition) is 5. The van der Waals surface area contributed by atoms with Crippen LogP contribution in [-0.2, 0) is 26.0 Å². The van der Waals surface area contributed by atoms with Crippen LogP contribution in [0.5, 0.6) is 0 Å². The van der Waals surface area contributed by atoms with Gasteiger partial charge in [0.25, 0.3) is 5.91 Å². The van der Waals surface area contributed by atoms with Crippen molar-refractivity contribution in [2.75, 3.05) is 26.2 Å². The zero-order valence-corrected chi connectivity index (χ0v) is 20.6. The zero-order chi connectivity index (χ0) is 24.9. The lowest BCUT2D eigenvalue weighted by molar-refractivity contribution is -0.124. The second-order valence-electron chi connectivity index (χ2n) is 8.81. The molecule has 2 aromatic rings. The summed E-state index contributed by atoms with van der Waals surface area (Å²) in [5.74, 6) is -1.08. The number of hydrogen-bond donors (Lipinski definition) is 1. The van der Waals surface area contributed by atoms with E-state index in [4.69, 9.17) is 4.74 Å². The molecule has 3 rings (SSSR count). The van der Waals surface area contributed by atoms with Gasteiger partial charge in [-0.05, 0) is 80.0 Å². The topological polar surface area (TPSA) is 92.8 Å². The summed E-state index contributed by atoms with van der Waals surface area (Å²) in [6, 6.07) is 8.88.